The summed E-state index contributed by atoms with van der Waals surface area (Å²) in [6.07, 6.45) is 2.49. The van der Waals surface area contributed by atoms with E-state index >= 15 is 0 Å². The monoisotopic (exact) mass is 424 g/mol. The Labute approximate surface area is 178 Å². The highest BCUT2D eigenvalue weighted by Gasteiger charge is 2.09. The molecule has 0 bridgehead atoms. The van der Waals surface area contributed by atoms with Gasteiger partial charge >= 0.3 is 0 Å². The molecule has 0 radical (unpaired) electrons. The summed E-state index contributed by atoms with van der Waals surface area (Å²) in [7, 11) is 0. The van der Waals surface area contributed by atoms with Gasteiger partial charge in [0.05, 0.1) is 0 Å². The average molecular weight is 425 g/mol. The van der Waals surface area contributed by atoms with E-state index in [2.05, 4.69) is 36.0 Å². The Bertz CT molecular complexity index is 1140. The van der Waals surface area contributed by atoms with Gasteiger partial charge in [-0.25, -0.2) is 4.99 Å². The predicted molar refractivity (Wildman–Crippen MR) is 114 cm³/mol. The Morgan fingerprint density at radius 1 is 1.13 bits per heavy atom. The maximum Gasteiger partial charge on any atom is 0.228 e. The van der Waals surface area contributed by atoms with Gasteiger partial charge in [-0.1, -0.05) is 22.8 Å². The van der Waals surface area contributed by atoms with Crippen LogP contribution in [0.2, 0.25) is 5.02 Å². The van der Waals surface area contributed by atoms with E-state index in [0.717, 1.165) is 23.6 Å². The van der Waals surface area contributed by atoms with Crippen molar-refractivity contribution in [1.82, 2.24) is 35.4 Å². The number of aromatic nitrogens is 5. The molecule has 0 atom stereocenters. The van der Waals surface area contributed by atoms with Crippen LogP contribution in [-0.4, -0.2) is 43.8 Å². The number of pyridine rings is 1. The number of hydrogen-bond donors (Lipinski definition) is 2. The molecule has 4 rings (SSSR count). The molecule has 0 saturated carbocycles. The van der Waals surface area contributed by atoms with Gasteiger partial charge in [-0.15, -0.1) is 10.2 Å². The quantitative estimate of drug-likeness (QED) is 0.347. The second kappa shape index (κ2) is 9.36. The van der Waals surface area contributed by atoms with Crippen LogP contribution in [0.15, 0.2) is 58.2 Å². The minimum atomic E-state index is 0.405. The standard InChI is InChI=1S/C20H21ClN8O/c1-2-22-20(24-13-17-27-26-16-5-3-4-12-29(16)17)23-11-10-18-25-19(28-30-18)14-6-8-15(21)9-7-14/h3-9,12H,2,10-11,13H2,1H3,(H2,22,23,24). The van der Waals surface area contributed by atoms with Crippen LogP contribution in [0.5, 0.6) is 0 Å². The number of rotatable bonds is 7. The summed E-state index contributed by atoms with van der Waals surface area (Å²) in [5, 5.41) is 19.5. The molecule has 154 valence electrons. The highest BCUT2D eigenvalue weighted by Crippen LogP contribution is 2.18. The van der Waals surface area contributed by atoms with Crippen LogP contribution in [0, 0.1) is 0 Å². The molecule has 0 aliphatic rings. The molecule has 0 amide bonds. The SMILES string of the molecule is CCNC(=NCc1nnc2ccccn12)NCCc1nc(-c2ccc(Cl)cc2)no1. The van der Waals surface area contributed by atoms with E-state index in [1.54, 1.807) is 12.1 Å². The van der Waals surface area contributed by atoms with Gasteiger partial charge in [0, 0.05) is 36.3 Å². The van der Waals surface area contributed by atoms with Gasteiger partial charge in [-0.05, 0) is 43.3 Å². The Hall–Kier alpha value is -3.46. The summed E-state index contributed by atoms with van der Waals surface area (Å²) < 4.78 is 7.26. The first kappa shape index (κ1) is 19.8. The van der Waals surface area contributed by atoms with Crippen LogP contribution in [0.4, 0.5) is 0 Å². The Balaban J connectivity index is 1.35. The molecule has 0 spiro atoms. The Kier molecular flexibility index (Phi) is 6.19. The molecule has 2 N–H and O–H groups in total. The van der Waals surface area contributed by atoms with Crippen LogP contribution in [0.3, 0.4) is 0 Å². The lowest BCUT2D eigenvalue weighted by Gasteiger charge is -2.09. The summed E-state index contributed by atoms with van der Waals surface area (Å²) in [5.41, 5.74) is 1.66. The number of fused-ring (bicyclic) bond motifs is 1. The normalized spacial score (nSPS) is 11.7. The number of aliphatic imine (C=N–C) groups is 1. The molecule has 10 heteroatoms. The number of nitrogens with one attached hydrogen (secondary N) is 2. The summed E-state index contributed by atoms with van der Waals surface area (Å²) in [6.45, 7) is 3.75. The second-order valence-electron chi connectivity index (χ2n) is 6.44. The number of benzene rings is 1. The number of halogens is 1. The fraction of sp³-hybridized carbons (Fsp3) is 0.250. The van der Waals surface area contributed by atoms with Crippen molar-refractivity contribution < 1.29 is 4.52 Å². The fourth-order valence-electron chi connectivity index (χ4n) is 2.85. The zero-order valence-corrected chi connectivity index (χ0v) is 17.2. The van der Waals surface area contributed by atoms with Crippen LogP contribution < -0.4 is 10.6 Å². The average Bonchev–Trinajstić information content (AvgIpc) is 3.40. The van der Waals surface area contributed by atoms with Gasteiger partial charge in [-0.2, -0.15) is 4.98 Å². The van der Waals surface area contributed by atoms with E-state index in [9.17, 15) is 0 Å². The predicted octanol–water partition coefficient (Wildman–Crippen LogP) is 2.73. The van der Waals surface area contributed by atoms with Crippen molar-refractivity contribution in [2.24, 2.45) is 4.99 Å². The van der Waals surface area contributed by atoms with Crippen LogP contribution >= 0.6 is 11.6 Å². The lowest BCUT2D eigenvalue weighted by atomic mass is 10.2. The number of guanidine groups is 1. The zero-order valence-electron chi connectivity index (χ0n) is 16.4. The summed E-state index contributed by atoms with van der Waals surface area (Å²) in [5.74, 6) is 2.54. The molecule has 0 aliphatic carbocycles. The van der Waals surface area contributed by atoms with E-state index < -0.39 is 0 Å². The molecule has 3 heterocycles. The summed E-state index contributed by atoms with van der Waals surface area (Å²) in [4.78, 5) is 9.02. The third-order valence-electron chi connectivity index (χ3n) is 4.31. The minimum Gasteiger partial charge on any atom is -0.357 e. The van der Waals surface area contributed by atoms with Crippen molar-refractivity contribution in [2.45, 2.75) is 19.9 Å². The molecule has 4 aromatic rings. The van der Waals surface area contributed by atoms with Crippen LogP contribution in [0.1, 0.15) is 18.6 Å². The third-order valence-corrected chi connectivity index (χ3v) is 4.56. The molecule has 0 fully saturated rings. The minimum absolute atomic E-state index is 0.405. The van der Waals surface area contributed by atoms with Gasteiger partial charge in [0.15, 0.2) is 17.4 Å². The van der Waals surface area contributed by atoms with E-state index in [-0.39, 0.29) is 0 Å². The van der Waals surface area contributed by atoms with E-state index in [4.69, 9.17) is 16.1 Å². The number of hydrogen-bond acceptors (Lipinski definition) is 6. The molecule has 9 nitrogen and oxygen atoms in total. The first-order chi connectivity index (χ1) is 14.7. The topological polar surface area (TPSA) is 106 Å². The first-order valence-electron chi connectivity index (χ1n) is 9.62. The zero-order chi connectivity index (χ0) is 20.8. The maximum atomic E-state index is 5.92. The summed E-state index contributed by atoms with van der Waals surface area (Å²) in [6, 6.07) is 13.1. The van der Waals surface area contributed by atoms with Gasteiger partial charge in [-0.3, -0.25) is 4.40 Å². The maximum absolute atomic E-state index is 5.92. The van der Waals surface area contributed by atoms with Gasteiger partial charge in [0.2, 0.25) is 11.7 Å². The molecule has 1 aromatic carbocycles. The molecular formula is C20H21ClN8O. The largest absolute Gasteiger partial charge is 0.357 e. The molecule has 0 unspecified atom stereocenters. The Morgan fingerprint density at radius 3 is 2.83 bits per heavy atom. The smallest absolute Gasteiger partial charge is 0.228 e. The van der Waals surface area contributed by atoms with Crippen molar-refractivity contribution in [3.63, 3.8) is 0 Å². The van der Waals surface area contributed by atoms with Crippen molar-refractivity contribution in [2.75, 3.05) is 13.1 Å². The van der Waals surface area contributed by atoms with Gasteiger partial charge < -0.3 is 15.2 Å². The van der Waals surface area contributed by atoms with Crippen molar-refractivity contribution in [3.05, 3.63) is 65.4 Å². The fourth-order valence-corrected chi connectivity index (χ4v) is 2.98. The first-order valence-corrected chi connectivity index (χ1v) is 10.00. The number of nitrogens with zero attached hydrogens (tertiary/aromatic N) is 6. The highest BCUT2D eigenvalue weighted by molar-refractivity contribution is 6.30. The van der Waals surface area contributed by atoms with Crippen LogP contribution in [0.25, 0.3) is 17.0 Å². The third kappa shape index (κ3) is 4.74. The molecule has 0 aliphatic heterocycles. The molecule has 30 heavy (non-hydrogen) atoms. The van der Waals surface area contributed by atoms with E-state index in [0.29, 0.717) is 42.2 Å². The van der Waals surface area contributed by atoms with Crippen LogP contribution in [-0.2, 0) is 13.0 Å². The van der Waals surface area contributed by atoms with E-state index in [1.165, 1.54) is 0 Å². The van der Waals surface area contributed by atoms with Gasteiger partial charge in [0.25, 0.3) is 0 Å². The summed E-state index contributed by atoms with van der Waals surface area (Å²) >= 11 is 5.92. The van der Waals surface area contributed by atoms with Crippen molar-refractivity contribution in [3.8, 4) is 11.4 Å². The highest BCUT2D eigenvalue weighted by atomic mass is 35.5. The van der Waals surface area contributed by atoms with Crippen molar-refractivity contribution >= 4 is 23.2 Å². The molecular weight excluding hydrogens is 404 g/mol. The lowest BCUT2D eigenvalue weighted by molar-refractivity contribution is 0.378. The lowest BCUT2D eigenvalue weighted by Crippen LogP contribution is -2.38. The molecule has 3 aromatic heterocycles. The molecule has 0 saturated heterocycles. The van der Waals surface area contributed by atoms with Crippen molar-refractivity contribution in [1.29, 1.82) is 0 Å². The van der Waals surface area contributed by atoms with Gasteiger partial charge in [0.1, 0.15) is 6.54 Å². The second-order valence-corrected chi connectivity index (χ2v) is 6.87. The van der Waals surface area contributed by atoms with E-state index in [1.807, 2.05) is 47.9 Å². The Morgan fingerprint density at radius 2 is 2.00 bits per heavy atom.